The van der Waals surface area contributed by atoms with E-state index < -0.39 is 0 Å². The van der Waals surface area contributed by atoms with Crippen LogP contribution in [-0.4, -0.2) is 44.3 Å². The van der Waals surface area contributed by atoms with E-state index in [1.54, 1.807) is 0 Å². The van der Waals surface area contributed by atoms with Gasteiger partial charge in [-0.3, -0.25) is 4.79 Å². The summed E-state index contributed by atoms with van der Waals surface area (Å²) in [5.41, 5.74) is 1.55. The average Bonchev–Trinajstić information content (AvgIpc) is 2.46. The Morgan fingerprint density at radius 1 is 1.18 bits per heavy atom. The van der Waals surface area contributed by atoms with Crippen molar-refractivity contribution in [3.63, 3.8) is 0 Å². The second-order valence-electron chi connectivity index (χ2n) is 6.63. The molecule has 0 aliphatic carbocycles. The Morgan fingerprint density at radius 3 is 2.41 bits per heavy atom. The van der Waals surface area contributed by atoms with Crippen LogP contribution in [0.15, 0.2) is 4.79 Å². The Bertz CT molecular complexity index is 527. The SMILES string of the molecule is CCCN(CC)CCOCCNc1c(C(C)(C)C)c(=S)c1=O. The van der Waals surface area contributed by atoms with E-state index in [0.29, 0.717) is 23.3 Å². The molecule has 0 amide bonds. The molecule has 0 saturated carbocycles. The number of likely N-dealkylation sites (N-methyl/N-ethyl adjacent to an activating group) is 1. The third-order valence-corrected chi connectivity index (χ3v) is 4.14. The lowest BCUT2D eigenvalue weighted by atomic mass is 9.83. The fourth-order valence-electron chi connectivity index (χ4n) is 2.56. The summed E-state index contributed by atoms with van der Waals surface area (Å²) in [6, 6.07) is 0. The molecule has 0 heterocycles. The van der Waals surface area contributed by atoms with Gasteiger partial charge in [-0.15, -0.1) is 0 Å². The lowest BCUT2D eigenvalue weighted by Gasteiger charge is -2.25. The van der Waals surface area contributed by atoms with Crippen molar-refractivity contribution in [3.05, 3.63) is 20.3 Å². The summed E-state index contributed by atoms with van der Waals surface area (Å²) in [7, 11) is 0. The largest absolute Gasteiger partial charge is 0.379 e. The van der Waals surface area contributed by atoms with E-state index >= 15 is 0 Å². The maximum atomic E-state index is 11.8. The topological polar surface area (TPSA) is 41.6 Å². The number of nitrogens with one attached hydrogen (secondary N) is 1. The van der Waals surface area contributed by atoms with E-state index in [-0.39, 0.29) is 10.8 Å². The Labute approximate surface area is 139 Å². The third-order valence-electron chi connectivity index (χ3n) is 3.75. The summed E-state index contributed by atoms with van der Waals surface area (Å²) in [6.45, 7) is 15.7. The highest BCUT2D eigenvalue weighted by Gasteiger charge is 2.27. The zero-order valence-electron chi connectivity index (χ0n) is 14.6. The van der Waals surface area contributed by atoms with E-state index in [1.165, 1.54) is 6.42 Å². The molecule has 0 aromatic heterocycles. The molecule has 0 atom stereocenters. The van der Waals surface area contributed by atoms with Crippen molar-refractivity contribution in [2.45, 2.75) is 46.5 Å². The first-order valence-electron chi connectivity index (χ1n) is 8.20. The number of ether oxygens (including phenoxy) is 1. The van der Waals surface area contributed by atoms with Gasteiger partial charge in [-0.1, -0.05) is 46.8 Å². The van der Waals surface area contributed by atoms with Crippen LogP contribution in [0.2, 0.25) is 0 Å². The molecule has 1 aromatic carbocycles. The summed E-state index contributed by atoms with van der Waals surface area (Å²) in [6.07, 6.45) is 1.17. The summed E-state index contributed by atoms with van der Waals surface area (Å²) in [5.74, 6) is 0. The van der Waals surface area contributed by atoms with E-state index in [9.17, 15) is 4.79 Å². The van der Waals surface area contributed by atoms with Crippen molar-refractivity contribution in [1.82, 2.24) is 4.90 Å². The van der Waals surface area contributed by atoms with Gasteiger partial charge < -0.3 is 15.0 Å². The van der Waals surface area contributed by atoms with Crippen LogP contribution in [0.3, 0.4) is 0 Å². The van der Waals surface area contributed by atoms with Gasteiger partial charge in [-0.25, -0.2) is 0 Å². The van der Waals surface area contributed by atoms with Crippen LogP contribution in [-0.2, 0) is 10.2 Å². The molecule has 0 bridgehead atoms. The molecule has 5 heteroatoms. The molecule has 0 aliphatic heterocycles. The van der Waals surface area contributed by atoms with Crippen LogP contribution < -0.4 is 10.7 Å². The van der Waals surface area contributed by atoms with Gasteiger partial charge in [0.2, 0.25) is 5.43 Å². The van der Waals surface area contributed by atoms with Gasteiger partial charge in [0.25, 0.3) is 0 Å². The van der Waals surface area contributed by atoms with Gasteiger partial charge in [0, 0.05) is 18.7 Å². The maximum Gasteiger partial charge on any atom is 0.220 e. The Hall–Kier alpha value is -0.780. The van der Waals surface area contributed by atoms with Crippen LogP contribution in [0, 0.1) is 4.51 Å². The van der Waals surface area contributed by atoms with Crippen molar-refractivity contribution in [3.8, 4) is 0 Å². The van der Waals surface area contributed by atoms with Crippen molar-refractivity contribution in [1.29, 1.82) is 0 Å². The minimum absolute atomic E-state index is 0.0278. The summed E-state index contributed by atoms with van der Waals surface area (Å²) < 4.78 is 6.12. The van der Waals surface area contributed by atoms with Gasteiger partial charge in [-0.2, -0.15) is 0 Å². The number of hydrogen-bond acceptors (Lipinski definition) is 5. The first-order chi connectivity index (χ1) is 10.3. The van der Waals surface area contributed by atoms with Gasteiger partial charge in [-0.05, 0) is 24.9 Å². The molecular weight excluding hydrogens is 296 g/mol. The monoisotopic (exact) mass is 326 g/mol. The Balaban J connectivity index is 2.31. The van der Waals surface area contributed by atoms with Crippen molar-refractivity contribution in [2.24, 2.45) is 0 Å². The predicted octanol–water partition coefficient (Wildman–Crippen LogP) is 3.11. The molecule has 0 aliphatic rings. The third kappa shape index (κ3) is 5.14. The normalized spacial score (nSPS) is 12.3. The number of hydrogen-bond donors (Lipinski definition) is 1. The van der Waals surface area contributed by atoms with E-state index in [2.05, 4.69) is 44.8 Å². The molecule has 126 valence electrons. The van der Waals surface area contributed by atoms with Crippen LogP contribution in [0.25, 0.3) is 0 Å². The first-order valence-corrected chi connectivity index (χ1v) is 8.61. The van der Waals surface area contributed by atoms with Crippen LogP contribution >= 0.6 is 12.2 Å². The second-order valence-corrected chi connectivity index (χ2v) is 7.04. The fraction of sp³-hybridized carbons (Fsp3) is 0.765. The van der Waals surface area contributed by atoms with Crippen LogP contribution in [0.4, 0.5) is 5.69 Å². The van der Waals surface area contributed by atoms with Crippen molar-refractivity contribution in [2.75, 3.05) is 44.7 Å². The molecular formula is C17H30N2O2S. The molecule has 4 nitrogen and oxygen atoms in total. The lowest BCUT2D eigenvalue weighted by molar-refractivity contribution is 0.113. The number of anilines is 1. The van der Waals surface area contributed by atoms with E-state index in [0.717, 1.165) is 31.8 Å². The predicted molar refractivity (Wildman–Crippen MR) is 96.3 cm³/mol. The Morgan fingerprint density at radius 2 is 1.86 bits per heavy atom. The highest BCUT2D eigenvalue weighted by molar-refractivity contribution is 7.71. The molecule has 0 fully saturated rings. The van der Waals surface area contributed by atoms with E-state index in [1.807, 2.05) is 0 Å². The van der Waals surface area contributed by atoms with Gasteiger partial charge in [0.1, 0.15) is 0 Å². The summed E-state index contributed by atoms with van der Waals surface area (Å²) >= 11 is 5.16. The molecule has 0 radical (unpaired) electrons. The van der Waals surface area contributed by atoms with Gasteiger partial charge >= 0.3 is 0 Å². The molecule has 0 spiro atoms. The summed E-state index contributed by atoms with van der Waals surface area (Å²) in [4.78, 5) is 14.2. The van der Waals surface area contributed by atoms with E-state index in [4.69, 9.17) is 17.0 Å². The number of rotatable bonds is 10. The quantitative estimate of drug-likeness (QED) is 0.528. The zero-order valence-corrected chi connectivity index (χ0v) is 15.4. The first kappa shape index (κ1) is 19.3. The van der Waals surface area contributed by atoms with Crippen molar-refractivity contribution >= 4 is 17.9 Å². The Kier molecular flexibility index (Phi) is 7.66. The van der Waals surface area contributed by atoms with Crippen LogP contribution in [0.1, 0.15) is 46.6 Å². The highest BCUT2D eigenvalue weighted by atomic mass is 32.1. The van der Waals surface area contributed by atoms with Crippen LogP contribution in [0.5, 0.6) is 0 Å². The van der Waals surface area contributed by atoms with Gasteiger partial charge in [0.05, 0.1) is 23.4 Å². The molecule has 22 heavy (non-hydrogen) atoms. The molecule has 0 unspecified atom stereocenters. The standard InChI is InChI=1S/C17H30N2O2S/c1-6-9-19(7-2)10-12-21-11-8-18-14-13(17(3,4)5)16(22)15(14)20/h18H,6-12H2,1-5H3. The average molecular weight is 327 g/mol. The van der Waals surface area contributed by atoms with Gasteiger partial charge in [0.15, 0.2) is 0 Å². The fourth-order valence-corrected chi connectivity index (χ4v) is 3.07. The van der Waals surface area contributed by atoms with Crippen molar-refractivity contribution < 1.29 is 4.74 Å². The molecule has 1 aromatic rings. The minimum atomic E-state index is -0.0873. The molecule has 1 rings (SSSR count). The maximum absolute atomic E-state index is 11.8. The molecule has 1 N–H and O–H groups in total. The zero-order chi connectivity index (χ0) is 16.8. The highest BCUT2D eigenvalue weighted by Crippen LogP contribution is 2.30. The number of nitrogens with zero attached hydrogens (tertiary/aromatic N) is 1. The molecule has 0 saturated heterocycles. The second kappa shape index (κ2) is 8.75. The minimum Gasteiger partial charge on any atom is -0.379 e. The summed E-state index contributed by atoms with van der Waals surface area (Å²) in [5, 5.41) is 3.19. The lowest BCUT2D eigenvalue weighted by Crippen LogP contribution is -2.31. The smallest absolute Gasteiger partial charge is 0.220 e.